The molecular formula is C14H10N4O2S. The van der Waals surface area contributed by atoms with Gasteiger partial charge in [-0.1, -0.05) is 23.9 Å². The Bertz CT molecular complexity index is 802. The number of aromatic nitrogens is 2. The molecule has 2 rings (SSSR count). The molecule has 0 saturated carbocycles. The van der Waals surface area contributed by atoms with Crippen LogP contribution in [-0.4, -0.2) is 22.8 Å². The summed E-state index contributed by atoms with van der Waals surface area (Å²) in [6.45, 7) is -0.0760. The van der Waals surface area contributed by atoms with Crippen molar-refractivity contribution in [3.63, 3.8) is 0 Å². The van der Waals surface area contributed by atoms with Gasteiger partial charge in [0.1, 0.15) is 23.5 Å². The van der Waals surface area contributed by atoms with Gasteiger partial charge >= 0.3 is 0 Å². The molecule has 0 bridgehead atoms. The molecule has 0 saturated heterocycles. The third kappa shape index (κ3) is 3.22. The predicted octanol–water partition coefficient (Wildman–Crippen LogP) is 1.93. The molecule has 0 fully saturated rings. The monoisotopic (exact) mass is 298 g/mol. The van der Waals surface area contributed by atoms with E-state index in [4.69, 9.17) is 15.3 Å². The van der Waals surface area contributed by atoms with Crippen LogP contribution in [0.5, 0.6) is 5.75 Å². The summed E-state index contributed by atoms with van der Waals surface area (Å²) in [5.74, 6) is 0.478. The highest BCUT2D eigenvalue weighted by Gasteiger charge is 2.13. The maximum absolute atomic E-state index is 11.9. The number of thioether (sulfide) groups is 1. The second-order valence-corrected chi connectivity index (χ2v) is 4.68. The van der Waals surface area contributed by atoms with Crippen molar-refractivity contribution in [2.24, 2.45) is 0 Å². The molecule has 0 amide bonds. The van der Waals surface area contributed by atoms with E-state index >= 15 is 0 Å². The van der Waals surface area contributed by atoms with Gasteiger partial charge in [-0.25, -0.2) is 4.98 Å². The molecule has 1 aromatic heterocycles. The van der Waals surface area contributed by atoms with Crippen LogP contribution in [0.1, 0.15) is 5.56 Å². The summed E-state index contributed by atoms with van der Waals surface area (Å²) in [5, 5.41) is 18.1. The van der Waals surface area contributed by atoms with Crippen LogP contribution in [0.15, 0.2) is 34.2 Å². The highest BCUT2D eigenvalue weighted by atomic mass is 32.2. The van der Waals surface area contributed by atoms with Crippen LogP contribution in [0.2, 0.25) is 0 Å². The first-order valence-corrected chi connectivity index (χ1v) is 7.10. The minimum absolute atomic E-state index is 0.0507. The third-order valence-electron chi connectivity index (χ3n) is 2.61. The molecule has 0 aliphatic heterocycles. The number of nitrogens with one attached hydrogen (secondary N) is 1. The van der Waals surface area contributed by atoms with Crippen LogP contribution in [-0.2, 0) is 0 Å². The first kappa shape index (κ1) is 14.6. The third-order valence-corrected chi connectivity index (χ3v) is 3.19. The summed E-state index contributed by atoms with van der Waals surface area (Å²) in [6, 6.07) is 10.5. The molecule has 0 spiro atoms. The smallest absolute Gasteiger partial charge is 0.270 e. The number of nitrogens with zero attached hydrogens (tertiary/aromatic N) is 3. The topological polar surface area (TPSA) is 103 Å². The fraction of sp³-hybridized carbons (Fsp3) is 0.143. The summed E-state index contributed by atoms with van der Waals surface area (Å²) in [6.07, 6.45) is 1.78. The average Bonchev–Trinajstić information content (AvgIpc) is 2.52. The number of hydrogen-bond donors (Lipinski definition) is 1. The molecule has 21 heavy (non-hydrogen) atoms. The highest BCUT2D eigenvalue weighted by Crippen LogP contribution is 2.24. The maximum Gasteiger partial charge on any atom is 0.270 e. The zero-order valence-corrected chi connectivity index (χ0v) is 11.9. The highest BCUT2D eigenvalue weighted by molar-refractivity contribution is 7.98. The normalized spacial score (nSPS) is 9.67. The molecule has 7 heteroatoms. The Morgan fingerprint density at radius 1 is 1.43 bits per heavy atom. The van der Waals surface area contributed by atoms with Gasteiger partial charge in [-0.05, 0) is 18.4 Å². The van der Waals surface area contributed by atoms with E-state index in [2.05, 4.69) is 9.97 Å². The summed E-state index contributed by atoms with van der Waals surface area (Å²) in [7, 11) is 0. The number of hydrogen-bond acceptors (Lipinski definition) is 6. The zero-order chi connectivity index (χ0) is 15.2. The molecule has 0 unspecified atom stereocenters. The van der Waals surface area contributed by atoms with E-state index in [0.717, 1.165) is 0 Å². The van der Waals surface area contributed by atoms with Gasteiger partial charge in [0.15, 0.2) is 11.8 Å². The van der Waals surface area contributed by atoms with Crippen molar-refractivity contribution in [3.8, 4) is 29.1 Å². The van der Waals surface area contributed by atoms with Gasteiger partial charge in [-0.2, -0.15) is 10.5 Å². The molecule has 1 heterocycles. The lowest BCUT2D eigenvalue weighted by atomic mass is 10.1. The Kier molecular flexibility index (Phi) is 4.60. The van der Waals surface area contributed by atoms with Crippen LogP contribution >= 0.6 is 11.8 Å². The van der Waals surface area contributed by atoms with Gasteiger partial charge in [0.25, 0.3) is 5.56 Å². The number of H-pyrrole nitrogens is 1. The van der Waals surface area contributed by atoms with Crippen molar-refractivity contribution >= 4 is 11.8 Å². The maximum atomic E-state index is 11.9. The Morgan fingerprint density at radius 2 is 2.24 bits per heavy atom. The quantitative estimate of drug-likeness (QED) is 0.683. The SMILES string of the molecule is CSc1nc(-c2cccc(OCC#N)c2)c(C#N)c(=O)[nH]1. The molecule has 0 radical (unpaired) electrons. The van der Waals surface area contributed by atoms with E-state index in [1.165, 1.54) is 11.8 Å². The molecule has 2 aromatic rings. The minimum atomic E-state index is -0.477. The van der Waals surface area contributed by atoms with E-state index in [0.29, 0.717) is 22.2 Å². The van der Waals surface area contributed by atoms with Crippen molar-refractivity contribution < 1.29 is 4.74 Å². The Morgan fingerprint density at radius 3 is 2.90 bits per heavy atom. The van der Waals surface area contributed by atoms with E-state index in [9.17, 15) is 4.79 Å². The van der Waals surface area contributed by atoms with Gasteiger partial charge in [0, 0.05) is 5.56 Å². The van der Waals surface area contributed by atoms with E-state index in [1.54, 1.807) is 30.5 Å². The predicted molar refractivity (Wildman–Crippen MR) is 77.9 cm³/mol. The molecule has 0 aliphatic carbocycles. The lowest BCUT2D eigenvalue weighted by Gasteiger charge is -2.07. The Hall–Kier alpha value is -2.77. The number of benzene rings is 1. The van der Waals surface area contributed by atoms with Crippen LogP contribution in [0.25, 0.3) is 11.3 Å². The number of ether oxygens (including phenoxy) is 1. The van der Waals surface area contributed by atoms with Gasteiger partial charge in [-0.15, -0.1) is 0 Å². The minimum Gasteiger partial charge on any atom is -0.479 e. The largest absolute Gasteiger partial charge is 0.479 e. The summed E-state index contributed by atoms with van der Waals surface area (Å²) < 4.78 is 5.21. The molecule has 1 aromatic carbocycles. The lowest BCUT2D eigenvalue weighted by Crippen LogP contribution is -2.14. The lowest BCUT2D eigenvalue weighted by molar-refractivity contribution is 0.368. The Labute approximate surface area is 125 Å². The second-order valence-electron chi connectivity index (χ2n) is 3.89. The number of aromatic amines is 1. The molecular weight excluding hydrogens is 288 g/mol. The van der Waals surface area contributed by atoms with Crippen LogP contribution in [0.4, 0.5) is 0 Å². The van der Waals surface area contributed by atoms with Crippen molar-refractivity contribution in [2.45, 2.75) is 5.16 Å². The van der Waals surface area contributed by atoms with Crippen molar-refractivity contribution in [2.75, 3.05) is 12.9 Å². The fourth-order valence-corrected chi connectivity index (χ4v) is 2.09. The fourth-order valence-electron chi connectivity index (χ4n) is 1.71. The van der Waals surface area contributed by atoms with Crippen molar-refractivity contribution in [1.29, 1.82) is 10.5 Å². The van der Waals surface area contributed by atoms with Gasteiger partial charge in [-0.3, -0.25) is 4.79 Å². The number of nitriles is 2. The van der Waals surface area contributed by atoms with Crippen molar-refractivity contribution in [3.05, 3.63) is 40.2 Å². The molecule has 1 N–H and O–H groups in total. The second kappa shape index (κ2) is 6.60. The van der Waals surface area contributed by atoms with E-state index in [1.807, 2.05) is 12.1 Å². The van der Waals surface area contributed by atoms with Crippen LogP contribution in [0.3, 0.4) is 0 Å². The van der Waals surface area contributed by atoms with Gasteiger partial charge in [0.2, 0.25) is 0 Å². The summed E-state index contributed by atoms with van der Waals surface area (Å²) in [4.78, 5) is 18.7. The standard InChI is InChI=1S/C14H10N4O2S/c1-21-14-17-12(11(8-16)13(19)18-14)9-3-2-4-10(7-9)20-6-5-15/h2-4,7H,6H2,1H3,(H,17,18,19). The molecule has 104 valence electrons. The number of rotatable bonds is 4. The summed E-state index contributed by atoms with van der Waals surface area (Å²) in [5.41, 5.74) is 0.358. The molecule has 0 aliphatic rings. The van der Waals surface area contributed by atoms with Crippen LogP contribution < -0.4 is 10.3 Å². The average molecular weight is 298 g/mol. The zero-order valence-electron chi connectivity index (χ0n) is 11.1. The van der Waals surface area contributed by atoms with Crippen LogP contribution in [0, 0.1) is 22.7 Å². The van der Waals surface area contributed by atoms with E-state index < -0.39 is 5.56 Å². The van der Waals surface area contributed by atoms with Gasteiger partial charge in [0.05, 0.1) is 5.69 Å². The van der Waals surface area contributed by atoms with Gasteiger partial charge < -0.3 is 9.72 Å². The first-order chi connectivity index (χ1) is 10.2. The Balaban J connectivity index is 2.56. The first-order valence-electron chi connectivity index (χ1n) is 5.88. The summed E-state index contributed by atoms with van der Waals surface area (Å²) >= 11 is 1.28. The van der Waals surface area contributed by atoms with Crippen molar-refractivity contribution in [1.82, 2.24) is 9.97 Å². The van der Waals surface area contributed by atoms with E-state index in [-0.39, 0.29) is 12.2 Å². The molecule has 0 atom stereocenters. The molecule has 6 nitrogen and oxygen atoms in total.